The standard InChI is InChI=1S/C15H16FN3O/c1-19(10-11-6-2-4-8-13(11)16)14-9-5-3-7-12(14)15(17)18-20/h2-9,20H,10H2,1H3,(H2,17,18). The van der Waals surface area contributed by atoms with Gasteiger partial charge in [-0.25, -0.2) is 4.39 Å². The number of amidine groups is 1. The van der Waals surface area contributed by atoms with Crippen molar-refractivity contribution in [3.05, 3.63) is 65.5 Å². The molecule has 5 heteroatoms. The summed E-state index contributed by atoms with van der Waals surface area (Å²) in [6, 6.07) is 13.9. The highest BCUT2D eigenvalue weighted by molar-refractivity contribution is 6.02. The zero-order valence-electron chi connectivity index (χ0n) is 11.1. The van der Waals surface area contributed by atoms with Crippen molar-refractivity contribution in [1.29, 1.82) is 0 Å². The molecule has 0 fully saturated rings. The number of anilines is 1. The fourth-order valence-corrected chi connectivity index (χ4v) is 2.04. The number of halogens is 1. The monoisotopic (exact) mass is 273 g/mol. The molecule has 0 saturated heterocycles. The van der Waals surface area contributed by atoms with E-state index in [1.54, 1.807) is 30.3 Å². The first kappa shape index (κ1) is 13.9. The van der Waals surface area contributed by atoms with Gasteiger partial charge in [0.15, 0.2) is 5.84 Å². The van der Waals surface area contributed by atoms with Crippen molar-refractivity contribution in [1.82, 2.24) is 0 Å². The van der Waals surface area contributed by atoms with Crippen LogP contribution in [0.5, 0.6) is 0 Å². The van der Waals surface area contributed by atoms with E-state index in [1.807, 2.05) is 24.1 Å². The van der Waals surface area contributed by atoms with Crippen molar-refractivity contribution in [2.45, 2.75) is 6.54 Å². The summed E-state index contributed by atoms with van der Waals surface area (Å²) in [6.45, 7) is 0.391. The van der Waals surface area contributed by atoms with E-state index >= 15 is 0 Å². The minimum atomic E-state index is -0.249. The Morgan fingerprint density at radius 3 is 2.55 bits per heavy atom. The van der Waals surface area contributed by atoms with Crippen LogP contribution in [0.15, 0.2) is 53.7 Å². The molecule has 0 aliphatic heterocycles. The normalized spacial score (nSPS) is 11.4. The van der Waals surface area contributed by atoms with Crippen LogP contribution in [0.1, 0.15) is 11.1 Å². The zero-order chi connectivity index (χ0) is 14.5. The van der Waals surface area contributed by atoms with Crippen LogP contribution in [0.2, 0.25) is 0 Å². The maximum Gasteiger partial charge on any atom is 0.172 e. The van der Waals surface area contributed by atoms with Crippen molar-refractivity contribution >= 4 is 11.5 Å². The summed E-state index contributed by atoms with van der Waals surface area (Å²) >= 11 is 0. The molecule has 0 radical (unpaired) electrons. The van der Waals surface area contributed by atoms with Crippen LogP contribution < -0.4 is 10.6 Å². The summed E-state index contributed by atoms with van der Waals surface area (Å²) < 4.78 is 13.7. The molecule has 2 aromatic carbocycles. The summed E-state index contributed by atoms with van der Waals surface area (Å²) in [7, 11) is 1.83. The van der Waals surface area contributed by atoms with Gasteiger partial charge in [-0.05, 0) is 18.2 Å². The smallest absolute Gasteiger partial charge is 0.172 e. The molecule has 0 spiro atoms. The molecule has 0 saturated carbocycles. The van der Waals surface area contributed by atoms with E-state index in [0.29, 0.717) is 17.7 Å². The molecular formula is C15H16FN3O. The average molecular weight is 273 g/mol. The van der Waals surface area contributed by atoms with Gasteiger partial charge in [0.05, 0.1) is 0 Å². The van der Waals surface area contributed by atoms with E-state index in [0.717, 1.165) is 5.69 Å². The van der Waals surface area contributed by atoms with Crippen LogP contribution in [0.3, 0.4) is 0 Å². The van der Waals surface area contributed by atoms with Gasteiger partial charge in [0.1, 0.15) is 5.82 Å². The SMILES string of the molecule is CN(Cc1ccccc1F)c1ccccc1C(N)=NO. The molecule has 0 atom stereocenters. The molecule has 4 nitrogen and oxygen atoms in total. The highest BCUT2D eigenvalue weighted by Gasteiger charge is 2.12. The lowest BCUT2D eigenvalue weighted by atomic mass is 10.1. The summed E-state index contributed by atoms with van der Waals surface area (Å²) in [5.41, 5.74) is 7.62. The third-order valence-electron chi connectivity index (χ3n) is 3.06. The highest BCUT2D eigenvalue weighted by atomic mass is 19.1. The summed E-state index contributed by atoms with van der Waals surface area (Å²) in [4.78, 5) is 1.85. The molecular weight excluding hydrogens is 257 g/mol. The number of nitrogens with zero attached hydrogens (tertiary/aromatic N) is 2. The Morgan fingerprint density at radius 2 is 1.85 bits per heavy atom. The van der Waals surface area contributed by atoms with Gasteiger partial charge in [-0.15, -0.1) is 0 Å². The largest absolute Gasteiger partial charge is 0.409 e. The first-order valence-corrected chi connectivity index (χ1v) is 6.15. The van der Waals surface area contributed by atoms with Gasteiger partial charge in [0.2, 0.25) is 0 Å². The second kappa shape index (κ2) is 6.06. The summed E-state index contributed by atoms with van der Waals surface area (Å²) in [5, 5.41) is 11.8. The van der Waals surface area contributed by atoms with E-state index in [2.05, 4.69) is 5.16 Å². The van der Waals surface area contributed by atoms with E-state index in [1.165, 1.54) is 6.07 Å². The lowest BCUT2D eigenvalue weighted by Crippen LogP contribution is -2.23. The van der Waals surface area contributed by atoms with Crippen LogP contribution in [-0.4, -0.2) is 18.1 Å². The first-order valence-electron chi connectivity index (χ1n) is 6.15. The van der Waals surface area contributed by atoms with E-state index < -0.39 is 0 Å². The van der Waals surface area contributed by atoms with Gasteiger partial charge in [-0.1, -0.05) is 35.5 Å². The maximum absolute atomic E-state index is 13.7. The lowest BCUT2D eigenvalue weighted by molar-refractivity contribution is 0.318. The molecule has 0 aromatic heterocycles. The van der Waals surface area contributed by atoms with E-state index in [9.17, 15) is 4.39 Å². The Hall–Kier alpha value is -2.56. The zero-order valence-corrected chi connectivity index (χ0v) is 11.1. The third kappa shape index (κ3) is 2.88. The van der Waals surface area contributed by atoms with Crippen molar-refractivity contribution in [3.8, 4) is 0 Å². The molecule has 0 unspecified atom stereocenters. The van der Waals surface area contributed by atoms with Gasteiger partial charge in [0, 0.05) is 30.4 Å². The predicted molar refractivity (Wildman–Crippen MR) is 77.5 cm³/mol. The number of hydrogen-bond acceptors (Lipinski definition) is 3. The Morgan fingerprint density at radius 1 is 1.20 bits per heavy atom. The Balaban J connectivity index is 2.30. The molecule has 0 heterocycles. The first-order chi connectivity index (χ1) is 9.63. The Kier molecular flexibility index (Phi) is 4.20. The predicted octanol–water partition coefficient (Wildman–Crippen LogP) is 2.56. The molecule has 20 heavy (non-hydrogen) atoms. The Labute approximate surface area is 116 Å². The number of rotatable bonds is 4. The van der Waals surface area contributed by atoms with Gasteiger partial charge in [-0.3, -0.25) is 0 Å². The minimum absolute atomic E-state index is 0.0287. The maximum atomic E-state index is 13.7. The van der Waals surface area contributed by atoms with Crippen molar-refractivity contribution in [2.24, 2.45) is 10.9 Å². The van der Waals surface area contributed by atoms with Gasteiger partial charge >= 0.3 is 0 Å². The third-order valence-corrected chi connectivity index (χ3v) is 3.06. The van der Waals surface area contributed by atoms with Crippen molar-refractivity contribution < 1.29 is 9.60 Å². The molecule has 3 N–H and O–H groups in total. The average Bonchev–Trinajstić information content (AvgIpc) is 2.48. The van der Waals surface area contributed by atoms with E-state index in [-0.39, 0.29) is 11.7 Å². The number of para-hydroxylation sites is 1. The fraction of sp³-hybridized carbons (Fsp3) is 0.133. The molecule has 0 aliphatic rings. The van der Waals surface area contributed by atoms with Crippen molar-refractivity contribution in [3.63, 3.8) is 0 Å². The summed E-state index contributed by atoms with van der Waals surface area (Å²) in [5.74, 6) is -0.221. The van der Waals surface area contributed by atoms with Gasteiger partial charge in [0.25, 0.3) is 0 Å². The van der Waals surface area contributed by atoms with Crippen LogP contribution in [-0.2, 0) is 6.54 Å². The molecule has 0 aliphatic carbocycles. The highest BCUT2D eigenvalue weighted by Crippen LogP contribution is 2.21. The topological polar surface area (TPSA) is 61.8 Å². The molecule has 0 amide bonds. The Bertz CT molecular complexity index is 628. The second-order valence-electron chi connectivity index (χ2n) is 4.45. The number of nitrogens with two attached hydrogens (primary N) is 1. The fourth-order valence-electron chi connectivity index (χ4n) is 2.04. The lowest BCUT2D eigenvalue weighted by Gasteiger charge is -2.22. The van der Waals surface area contributed by atoms with Crippen LogP contribution in [0.25, 0.3) is 0 Å². The second-order valence-corrected chi connectivity index (χ2v) is 4.45. The van der Waals surface area contributed by atoms with Crippen molar-refractivity contribution in [2.75, 3.05) is 11.9 Å². The van der Waals surface area contributed by atoms with Crippen LogP contribution >= 0.6 is 0 Å². The van der Waals surface area contributed by atoms with Crippen LogP contribution in [0.4, 0.5) is 10.1 Å². The summed E-state index contributed by atoms with van der Waals surface area (Å²) in [6.07, 6.45) is 0. The quantitative estimate of drug-likeness (QED) is 0.389. The van der Waals surface area contributed by atoms with Gasteiger partial charge in [-0.2, -0.15) is 0 Å². The molecule has 2 aromatic rings. The number of oxime groups is 1. The molecule has 104 valence electrons. The number of hydrogen-bond donors (Lipinski definition) is 2. The minimum Gasteiger partial charge on any atom is -0.409 e. The van der Waals surface area contributed by atoms with Crippen LogP contribution in [0, 0.1) is 5.82 Å². The van der Waals surface area contributed by atoms with Gasteiger partial charge < -0.3 is 15.8 Å². The molecule has 0 bridgehead atoms. The van der Waals surface area contributed by atoms with E-state index in [4.69, 9.17) is 10.9 Å². The number of benzene rings is 2. The molecule has 2 rings (SSSR count).